The fourth-order valence-corrected chi connectivity index (χ4v) is 0.560. The van der Waals surface area contributed by atoms with Crippen molar-refractivity contribution >= 4 is 5.90 Å². The fourth-order valence-electron chi connectivity index (χ4n) is 0.560. The van der Waals surface area contributed by atoms with Crippen molar-refractivity contribution < 1.29 is 27.0 Å². The lowest BCUT2D eigenvalue weighted by atomic mass is 10.6. The zero-order valence-corrected chi connectivity index (χ0v) is 5.95. The summed E-state index contributed by atoms with van der Waals surface area (Å²) < 4.78 is 53.5. The number of alkyl halides is 4. The van der Waals surface area contributed by atoms with E-state index < -0.39 is 25.0 Å². The van der Waals surface area contributed by atoms with E-state index in [0.29, 0.717) is 0 Å². The molecule has 1 radical (unpaired) electrons. The average molecular weight is 199 g/mol. The van der Waals surface area contributed by atoms with Crippen molar-refractivity contribution in [2.24, 2.45) is 5.10 Å². The fraction of sp³-hybridized carbons (Fsp3) is 0.400. The van der Waals surface area contributed by atoms with E-state index in [4.69, 9.17) is 0 Å². The highest BCUT2D eigenvalue weighted by molar-refractivity contribution is 5.89. The third kappa shape index (κ3) is 3.18. The van der Waals surface area contributed by atoms with Crippen LogP contribution in [0.2, 0.25) is 0 Å². The highest BCUT2D eigenvalue weighted by atomic mass is 19.3. The first kappa shape index (κ1) is 9.62. The van der Waals surface area contributed by atoms with Gasteiger partial charge in [0.2, 0.25) is 11.8 Å². The second kappa shape index (κ2) is 3.97. The standard InChI is InChI=1S/C5H3F4N2O2/c6-4(7)12-2-1-3(11-10-2)13-5(8)9/h1,4-5H. The van der Waals surface area contributed by atoms with Gasteiger partial charge < -0.3 is 9.47 Å². The molecule has 0 N–H and O–H groups in total. The second-order valence-corrected chi connectivity index (χ2v) is 1.78. The second-order valence-electron chi connectivity index (χ2n) is 1.78. The normalized spacial score (nSPS) is 15.5. The van der Waals surface area contributed by atoms with Crippen molar-refractivity contribution in [1.82, 2.24) is 5.43 Å². The zero-order chi connectivity index (χ0) is 9.84. The molecule has 8 heteroatoms. The summed E-state index contributed by atoms with van der Waals surface area (Å²) in [6.07, 6.45) is 0.734. The molecule has 0 atom stereocenters. The van der Waals surface area contributed by atoms with Crippen LogP contribution in [0.4, 0.5) is 17.6 Å². The van der Waals surface area contributed by atoms with Crippen LogP contribution in [0, 0.1) is 0 Å². The van der Waals surface area contributed by atoms with E-state index in [-0.39, 0.29) is 0 Å². The van der Waals surface area contributed by atoms with Crippen LogP contribution < -0.4 is 5.43 Å². The molecule has 1 heterocycles. The molecule has 1 aliphatic heterocycles. The Labute approximate surface area is 69.8 Å². The predicted octanol–water partition coefficient (Wildman–Crippen LogP) is 1.24. The van der Waals surface area contributed by atoms with Crippen LogP contribution in [0.5, 0.6) is 0 Å². The molecule has 0 bridgehead atoms. The third-order valence-corrected chi connectivity index (χ3v) is 0.914. The van der Waals surface area contributed by atoms with Crippen molar-refractivity contribution in [2.75, 3.05) is 0 Å². The highest BCUT2D eigenvalue weighted by Gasteiger charge is 2.18. The van der Waals surface area contributed by atoms with E-state index in [1.54, 1.807) is 0 Å². The Morgan fingerprint density at radius 1 is 1.08 bits per heavy atom. The molecule has 4 nitrogen and oxygen atoms in total. The van der Waals surface area contributed by atoms with Crippen molar-refractivity contribution in [3.8, 4) is 0 Å². The molecule has 0 aliphatic carbocycles. The van der Waals surface area contributed by atoms with E-state index in [2.05, 4.69) is 20.0 Å². The molecule has 0 fully saturated rings. The number of halogens is 4. The highest BCUT2D eigenvalue weighted by Crippen LogP contribution is 2.10. The molecule has 0 saturated heterocycles. The van der Waals surface area contributed by atoms with Crippen molar-refractivity contribution in [3.05, 3.63) is 12.0 Å². The molecular formula is C5H3F4N2O2. The first-order valence-electron chi connectivity index (χ1n) is 2.98. The van der Waals surface area contributed by atoms with Crippen molar-refractivity contribution in [2.45, 2.75) is 13.2 Å². The van der Waals surface area contributed by atoms with Gasteiger partial charge in [0, 0.05) is 0 Å². The monoisotopic (exact) mass is 199 g/mol. The van der Waals surface area contributed by atoms with Crippen LogP contribution in [0.1, 0.15) is 0 Å². The van der Waals surface area contributed by atoms with Gasteiger partial charge in [-0.15, -0.1) is 10.5 Å². The minimum absolute atomic E-state index is 0.564. The largest absolute Gasteiger partial charge is 0.415 e. The van der Waals surface area contributed by atoms with Gasteiger partial charge in [0.1, 0.15) is 0 Å². The molecule has 0 aromatic heterocycles. The molecule has 0 unspecified atom stereocenters. The Hall–Kier alpha value is -1.47. The van der Waals surface area contributed by atoms with E-state index in [0.717, 1.165) is 6.08 Å². The van der Waals surface area contributed by atoms with E-state index in [9.17, 15) is 17.6 Å². The summed E-state index contributed by atoms with van der Waals surface area (Å²) >= 11 is 0. The topological polar surface area (TPSA) is 44.9 Å². The van der Waals surface area contributed by atoms with Gasteiger partial charge in [0.25, 0.3) is 0 Å². The van der Waals surface area contributed by atoms with Crippen LogP contribution in [0.25, 0.3) is 0 Å². The summed E-state index contributed by atoms with van der Waals surface area (Å²) in [5, 5.41) is 3.00. The van der Waals surface area contributed by atoms with Gasteiger partial charge in [0.15, 0.2) is 0 Å². The van der Waals surface area contributed by atoms with Gasteiger partial charge in [-0.3, -0.25) is 0 Å². The molecule has 0 amide bonds. The summed E-state index contributed by atoms with van der Waals surface area (Å²) in [4.78, 5) is 0. The third-order valence-electron chi connectivity index (χ3n) is 0.914. The Bertz CT molecular complexity index is 241. The Balaban J connectivity index is 2.41. The van der Waals surface area contributed by atoms with E-state index in [1.165, 1.54) is 0 Å². The predicted molar refractivity (Wildman–Crippen MR) is 31.8 cm³/mol. The quantitative estimate of drug-likeness (QED) is 0.642. The molecule has 13 heavy (non-hydrogen) atoms. The summed E-state index contributed by atoms with van der Waals surface area (Å²) in [6, 6.07) is 0. The van der Waals surface area contributed by atoms with Gasteiger partial charge in [-0.1, -0.05) is 0 Å². The molecular weight excluding hydrogens is 196 g/mol. The summed E-state index contributed by atoms with van der Waals surface area (Å²) in [5.41, 5.74) is 3.00. The Morgan fingerprint density at radius 3 is 2.23 bits per heavy atom. The lowest BCUT2D eigenvalue weighted by Gasteiger charge is -2.00. The smallest absolute Gasteiger partial charge is 0.388 e. The maximum atomic E-state index is 11.5. The summed E-state index contributed by atoms with van der Waals surface area (Å²) in [7, 11) is 0. The van der Waals surface area contributed by atoms with Gasteiger partial charge in [-0.2, -0.15) is 17.6 Å². The molecule has 0 aromatic rings. The molecule has 0 saturated carbocycles. The number of ether oxygens (including phenoxy) is 2. The minimum Gasteiger partial charge on any atom is -0.415 e. The van der Waals surface area contributed by atoms with Gasteiger partial charge in [-0.05, 0) is 0 Å². The van der Waals surface area contributed by atoms with Gasteiger partial charge >= 0.3 is 13.2 Å². The Morgan fingerprint density at radius 2 is 1.69 bits per heavy atom. The maximum Gasteiger partial charge on any atom is 0.388 e. The first-order valence-corrected chi connectivity index (χ1v) is 2.98. The lowest BCUT2D eigenvalue weighted by molar-refractivity contribution is -0.101. The molecule has 0 spiro atoms. The maximum absolute atomic E-state index is 11.5. The van der Waals surface area contributed by atoms with Crippen molar-refractivity contribution in [1.29, 1.82) is 0 Å². The zero-order valence-electron chi connectivity index (χ0n) is 5.95. The Kier molecular flexibility index (Phi) is 2.93. The van der Waals surface area contributed by atoms with Crippen LogP contribution in [0.15, 0.2) is 17.1 Å². The number of hydrogen-bond acceptors (Lipinski definition) is 3. The van der Waals surface area contributed by atoms with Crippen LogP contribution in [0.3, 0.4) is 0 Å². The molecule has 1 aliphatic rings. The molecule has 1 rings (SSSR count). The van der Waals surface area contributed by atoms with Crippen LogP contribution >= 0.6 is 0 Å². The first-order chi connectivity index (χ1) is 6.08. The summed E-state index contributed by atoms with van der Waals surface area (Å²) in [6.45, 7) is -6.15. The van der Waals surface area contributed by atoms with Gasteiger partial charge in [0.05, 0.1) is 6.08 Å². The van der Waals surface area contributed by atoms with Crippen LogP contribution in [-0.2, 0) is 9.47 Å². The van der Waals surface area contributed by atoms with Crippen molar-refractivity contribution in [3.63, 3.8) is 0 Å². The summed E-state index contributed by atoms with van der Waals surface area (Å²) in [5.74, 6) is -1.13. The number of nitrogens with zero attached hydrogens (tertiary/aromatic N) is 2. The molecule has 73 valence electrons. The lowest BCUT2D eigenvalue weighted by Crippen LogP contribution is -2.05. The van der Waals surface area contributed by atoms with E-state index >= 15 is 0 Å². The number of rotatable bonds is 3. The minimum atomic E-state index is -3.07. The van der Waals surface area contributed by atoms with E-state index in [1.807, 2.05) is 0 Å². The number of hydrogen-bond donors (Lipinski definition) is 0. The van der Waals surface area contributed by atoms with Crippen LogP contribution in [-0.4, -0.2) is 19.1 Å². The van der Waals surface area contributed by atoms with Gasteiger partial charge in [-0.25, -0.2) is 0 Å². The average Bonchev–Trinajstić information content (AvgIpc) is 2.33. The molecule has 0 aromatic carbocycles. The SMILES string of the molecule is FC(F)OC1=CC(OC(F)F)=N[N]1.